The molecule has 0 aromatic heterocycles. The van der Waals surface area contributed by atoms with Crippen LogP contribution < -0.4 is 4.90 Å². The number of anilines is 1. The molecule has 2 aromatic carbocycles. The van der Waals surface area contributed by atoms with E-state index in [0.29, 0.717) is 15.6 Å². The predicted molar refractivity (Wildman–Crippen MR) is 86.3 cm³/mol. The van der Waals surface area contributed by atoms with Crippen molar-refractivity contribution in [3.05, 3.63) is 70.1 Å². The van der Waals surface area contributed by atoms with Crippen LogP contribution in [0.3, 0.4) is 0 Å². The van der Waals surface area contributed by atoms with Gasteiger partial charge in [0.15, 0.2) is 0 Å². The third-order valence-electron chi connectivity index (χ3n) is 3.00. The lowest BCUT2D eigenvalue weighted by atomic mass is 10.2. The molecule has 0 spiro atoms. The normalized spacial score (nSPS) is 16.8. The van der Waals surface area contributed by atoms with Gasteiger partial charge in [-0.1, -0.05) is 48.0 Å². The van der Waals surface area contributed by atoms with Gasteiger partial charge in [-0.2, -0.15) is 0 Å². The fraction of sp³-hybridized carbons (Fsp3) is 0. The molecule has 1 aliphatic heterocycles. The van der Waals surface area contributed by atoms with Crippen LogP contribution in [-0.4, -0.2) is 11.1 Å². The van der Waals surface area contributed by atoms with Crippen LogP contribution in [0.5, 0.6) is 0 Å². The quantitative estimate of drug-likeness (QED) is 0.761. The van der Waals surface area contributed by atoms with Gasteiger partial charge >= 0.3 is 0 Å². The Morgan fingerprint density at radius 2 is 1.62 bits per heavy atom. The predicted octanol–water partition coefficient (Wildman–Crippen LogP) is 4.58. The first-order valence-electron chi connectivity index (χ1n) is 6.24. The zero-order chi connectivity index (χ0) is 14.8. The number of benzene rings is 2. The summed E-state index contributed by atoms with van der Waals surface area (Å²) in [4.78, 5) is 26.0. The van der Waals surface area contributed by atoms with E-state index >= 15 is 0 Å². The zero-order valence-corrected chi connectivity index (χ0v) is 12.4. The molecule has 21 heavy (non-hydrogen) atoms. The molecule has 0 unspecified atom stereocenters. The molecule has 2 aromatic rings. The fourth-order valence-electron chi connectivity index (χ4n) is 2.00. The molecule has 0 aliphatic carbocycles. The minimum Gasteiger partial charge on any atom is -0.268 e. The summed E-state index contributed by atoms with van der Waals surface area (Å²) >= 11 is 7.00. The van der Waals surface area contributed by atoms with E-state index in [1.807, 2.05) is 18.2 Å². The Balaban J connectivity index is 1.96. The highest BCUT2D eigenvalue weighted by Gasteiger charge is 2.36. The highest BCUT2D eigenvalue weighted by Crippen LogP contribution is 2.36. The van der Waals surface area contributed by atoms with Gasteiger partial charge in [-0.05, 0) is 41.6 Å². The maximum absolute atomic E-state index is 12.4. The Bertz CT molecular complexity index is 743. The second-order valence-corrected chi connectivity index (χ2v) is 5.77. The van der Waals surface area contributed by atoms with Gasteiger partial charge in [-0.15, -0.1) is 0 Å². The molecule has 1 heterocycles. The number of hydrogen-bond donors (Lipinski definition) is 0. The van der Waals surface area contributed by atoms with Crippen molar-refractivity contribution in [1.82, 2.24) is 0 Å². The van der Waals surface area contributed by atoms with Gasteiger partial charge < -0.3 is 0 Å². The highest BCUT2D eigenvalue weighted by molar-refractivity contribution is 8.19. The van der Waals surface area contributed by atoms with Gasteiger partial charge in [-0.25, -0.2) is 4.90 Å². The van der Waals surface area contributed by atoms with E-state index in [1.54, 1.807) is 42.5 Å². The van der Waals surface area contributed by atoms with Crippen LogP contribution in [0.2, 0.25) is 5.02 Å². The van der Waals surface area contributed by atoms with Crippen LogP contribution in [0.4, 0.5) is 10.5 Å². The molecule has 0 saturated carbocycles. The van der Waals surface area contributed by atoms with Crippen molar-refractivity contribution in [2.75, 3.05) is 4.90 Å². The van der Waals surface area contributed by atoms with Crippen LogP contribution in [0.25, 0.3) is 6.08 Å². The second-order valence-electron chi connectivity index (χ2n) is 4.37. The molecule has 2 amide bonds. The van der Waals surface area contributed by atoms with E-state index < -0.39 is 0 Å². The van der Waals surface area contributed by atoms with E-state index in [0.717, 1.165) is 17.3 Å². The second kappa shape index (κ2) is 5.76. The van der Waals surface area contributed by atoms with Crippen molar-refractivity contribution in [2.45, 2.75) is 0 Å². The monoisotopic (exact) mass is 315 g/mol. The molecule has 0 N–H and O–H groups in total. The molecule has 5 heteroatoms. The smallest absolute Gasteiger partial charge is 0.268 e. The molecule has 1 saturated heterocycles. The number of carbonyl (C=O) groups is 2. The number of halogens is 1. The lowest BCUT2D eigenvalue weighted by molar-refractivity contribution is -0.113. The molecule has 1 aliphatic rings. The average Bonchev–Trinajstić information content (AvgIpc) is 2.77. The minimum absolute atomic E-state index is 0.301. The maximum atomic E-state index is 12.4. The summed E-state index contributed by atoms with van der Waals surface area (Å²) in [6.45, 7) is 0. The number of thioether (sulfide) groups is 1. The van der Waals surface area contributed by atoms with Crippen LogP contribution >= 0.6 is 23.4 Å². The van der Waals surface area contributed by atoms with Crippen molar-refractivity contribution in [1.29, 1.82) is 0 Å². The highest BCUT2D eigenvalue weighted by atomic mass is 35.5. The number of nitrogens with zero attached hydrogens (tertiary/aromatic N) is 1. The number of hydrogen-bond acceptors (Lipinski definition) is 3. The maximum Gasteiger partial charge on any atom is 0.298 e. The van der Waals surface area contributed by atoms with Gasteiger partial charge in [-0.3, -0.25) is 9.59 Å². The molecule has 3 rings (SSSR count). The first-order valence-corrected chi connectivity index (χ1v) is 7.44. The zero-order valence-electron chi connectivity index (χ0n) is 10.8. The van der Waals surface area contributed by atoms with Gasteiger partial charge in [0.2, 0.25) is 0 Å². The van der Waals surface area contributed by atoms with Gasteiger partial charge in [0.05, 0.1) is 10.6 Å². The fourth-order valence-corrected chi connectivity index (χ4v) is 3.02. The Labute approximate surface area is 131 Å². The number of amides is 2. The standard InChI is InChI=1S/C16H10ClNO2S/c17-13-9-5-4-6-11(13)10-14-15(19)18(16(20)21-14)12-7-2-1-3-8-12/h1-10H/b14-10-. The Morgan fingerprint density at radius 1 is 0.952 bits per heavy atom. The summed E-state index contributed by atoms with van der Waals surface area (Å²) < 4.78 is 0. The molecule has 0 atom stereocenters. The van der Waals surface area contributed by atoms with E-state index in [2.05, 4.69) is 0 Å². The first kappa shape index (κ1) is 13.9. The van der Waals surface area contributed by atoms with Gasteiger partial charge in [0.1, 0.15) is 0 Å². The topological polar surface area (TPSA) is 37.4 Å². The summed E-state index contributed by atoms with van der Waals surface area (Å²) in [5.41, 5.74) is 1.29. The average molecular weight is 316 g/mol. The van der Waals surface area contributed by atoms with E-state index in [1.165, 1.54) is 4.90 Å². The van der Waals surface area contributed by atoms with Crippen molar-refractivity contribution in [2.24, 2.45) is 0 Å². The number of imide groups is 1. The largest absolute Gasteiger partial charge is 0.298 e. The van der Waals surface area contributed by atoms with Crippen LogP contribution in [0, 0.1) is 0 Å². The molecule has 0 radical (unpaired) electrons. The van der Waals surface area contributed by atoms with Gasteiger partial charge in [0.25, 0.3) is 11.1 Å². The molecule has 0 bridgehead atoms. The van der Waals surface area contributed by atoms with E-state index in [9.17, 15) is 9.59 Å². The SMILES string of the molecule is O=C1S/C(=C\c2ccccc2Cl)C(=O)N1c1ccccc1. The van der Waals surface area contributed by atoms with Crippen molar-refractivity contribution in [3.8, 4) is 0 Å². The molecular weight excluding hydrogens is 306 g/mol. The summed E-state index contributed by atoms with van der Waals surface area (Å²) in [5, 5.41) is 0.244. The summed E-state index contributed by atoms with van der Waals surface area (Å²) in [7, 11) is 0. The number of rotatable bonds is 2. The van der Waals surface area contributed by atoms with Crippen LogP contribution in [-0.2, 0) is 4.79 Å². The van der Waals surface area contributed by atoms with Crippen molar-refractivity contribution >= 4 is 46.3 Å². The van der Waals surface area contributed by atoms with Crippen molar-refractivity contribution in [3.63, 3.8) is 0 Å². The molecule has 1 fully saturated rings. The molecular formula is C16H10ClNO2S. The molecule has 3 nitrogen and oxygen atoms in total. The molecule has 104 valence electrons. The van der Waals surface area contributed by atoms with E-state index in [-0.39, 0.29) is 11.1 Å². The lowest BCUT2D eigenvalue weighted by Crippen LogP contribution is -2.27. The van der Waals surface area contributed by atoms with Gasteiger partial charge in [0, 0.05) is 5.02 Å². The minimum atomic E-state index is -0.323. The Morgan fingerprint density at radius 3 is 2.33 bits per heavy atom. The van der Waals surface area contributed by atoms with E-state index in [4.69, 9.17) is 11.6 Å². The number of para-hydroxylation sites is 1. The Kier molecular flexibility index (Phi) is 3.82. The number of carbonyl (C=O) groups excluding carboxylic acids is 2. The summed E-state index contributed by atoms with van der Waals surface area (Å²) in [5.74, 6) is -0.323. The van der Waals surface area contributed by atoms with Crippen LogP contribution in [0.15, 0.2) is 59.5 Å². The Hall–Kier alpha value is -2.04. The third kappa shape index (κ3) is 2.73. The summed E-state index contributed by atoms with van der Waals surface area (Å²) in [6.07, 6.45) is 1.65. The first-order chi connectivity index (χ1) is 10.2. The van der Waals surface area contributed by atoms with Crippen molar-refractivity contribution < 1.29 is 9.59 Å². The third-order valence-corrected chi connectivity index (χ3v) is 4.21. The summed E-state index contributed by atoms with van der Waals surface area (Å²) in [6, 6.07) is 16.1. The lowest BCUT2D eigenvalue weighted by Gasteiger charge is -2.11. The van der Waals surface area contributed by atoms with Crippen LogP contribution in [0.1, 0.15) is 5.56 Å².